The molecule has 0 aromatic heterocycles. The number of carbonyl (C=O) groups is 6. The first kappa shape index (κ1) is 30.3. The van der Waals surface area contributed by atoms with Crippen molar-refractivity contribution in [2.24, 2.45) is 10.8 Å². The Morgan fingerprint density at radius 1 is 0.568 bits per heavy atom. The summed E-state index contributed by atoms with van der Waals surface area (Å²) in [7, 11) is 0. The van der Waals surface area contributed by atoms with Crippen LogP contribution < -0.4 is 0 Å². The average molecular weight is 515 g/mol. The summed E-state index contributed by atoms with van der Waals surface area (Å²) >= 11 is 0. The van der Waals surface area contributed by atoms with Crippen molar-refractivity contribution < 1.29 is 28.8 Å². The zero-order valence-electron chi connectivity index (χ0n) is 23.7. The molecule has 0 radical (unpaired) electrons. The first-order chi connectivity index (χ1) is 17.1. The van der Waals surface area contributed by atoms with Crippen LogP contribution in [-0.2, 0) is 28.8 Å². The minimum atomic E-state index is -1.19. The lowest BCUT2D eigenvalue weighted by molar-refractivity contribution is -0.142. The van der Waals surface area contributed by atoms with Gasteiger partial charge in [0, 0.05) is 48.7 Å². The normalized spacial score (nSPS) is 19.1. The van der Waals surface area contributed by atoms with Gasteiger partial charge in [0.2, 0.25) is 0 Å². The molecule has 0 N–H and O–H groups in total. The lowest BCUT2D eigenvalue weighted by atomic mass is 9.71. The van der Waals surface area contributed by atoms with Crippen molar-refractivity contribution >= 4 is 34.7 Å². The predicted octanol–water partition coefficient (Wildman–Crippen LogP) is 3.62. The Morgan fingerprint density at radius 3 is 1.11 bits per heavy atom. The van der Waals surface area contributed by atoms with Gasteiger partial charge in [0.05, 0.1) is 0 Å². The topological polar surface area (TPSA) is 109 Å². The number of rotatable bonds is 12. The Kier molecular flexibility index (Phi) is 9.55. The second-order valence-corrected chi connectivity index (χ2v) is 10.9. The second-order valence-electron chi connectivity index (χ2n) is 10.9. The fourth-order valence-corrected chi connectivity index (χ4v) is 5.71. The molecule has 0 atom stereocenters. The third kappa shape index (κ3) is 5.99. The molecule has 8 nitrogen and oxygen atoms in total. The van der Waals surface area contributed by atoms with E-state index in [0.717, 1.165) is 30.7 Å². The number of hydrogen-bond donors (Lipinski definition) is 0. The first-order valence-corrected chi connectivity index (χ1v) is 13.1. The number of carbonyl (C=O) groups excluding carboxylic acids is 6. The Morgan fingerprint density at radius 2 is 0.865 bits per heavy atom. The summed E-state index contributed by atoms with van der Waals surface area (Å²) in [6, 6.07) is 0. The highest BCUT2D eigenvalue weighted by molar-refractivity contribution is 6.08. The summed E-state index contributed by atoms with van der Waals surface area (Å²) in [5.41, 5.74) is 0.322. The zero-order valence-corrected chi connectivity index (χ0v) is 23.7. The summed E-state index contributed by atoms with van der Waals surface area (Å²) in [5.74, 6) is -1.12. The maximum atomic E-state index is 12.5. The number of allylic oxidation sites excluding steroid dienone is 4. The molecule has 2 aliphatic rings. The first-order valence-electron chi connectivity index (χ1n) is 13.1. The molecule has 37 heavy (non-hydrogen) atoms. The molecule has 0 spiro atoms. The molecule has 0 fully saturated rings. The van der Waals surface area contributed by atoms with Crippen LogP contribution in [-0.4, -0.2) is 70.7 Å². The van der Waals surface area contributed by atoms with E-state index in [2.05, 4.69) is 0 Å². The molecule has 0 aromatic rings. The predicted molar refractivity (Wildman–Crippen MR) is 141 cm³/mol. The van der Waals surface area contributed by atoms with E-state index >= 15 is 0 Å². The summed E-state index contributed by atoms with van der Waals surface area (Å²) in [6.45, 7) is 14.1. The van der Waals surface area contributed by atoms with E-state index in [-0.39, 0.29) is 60.6 Å². The smallest absolute Gasteiger partial charge is 0.157 e. The Bertz CT molecular complexity index is 968. The highest BCUT2D eigenvalue weighted by Crippen LogP contribution is 2.39. The van der Waals surface area contributed by atoms with Crippen LogP contribution >= 0.6 is 0 Å². The minimum absolute atomic E-state index is 0.123. The molecule has 0 saturated heterocycles. The highest BCUT2D eigenvalue weighted by atomic mass is 16.2. The monoisotopic (exact) mass is 514 g/mol. The average Bonchev–Trinajstić information content (AvgIpc) is 2.79. The van der Waals surface area contributed by atoms with Crippen LogP contribution in [0.25, 0.3) is 0 Å². The fraction of sp³-hybridized carbons (Fsp3) is 0.655. The van der Waals surface area contributed by atoms with E-state index in [1.807, 2.05) is 23.6 Å². The van der Waals surface area contributed by atoms with Crippen molar-refractivity contribution in [3.63, 3.8) is 0 Å². The van der Waals surface area contributed by atoms with Crippen LogP contribution in [0.15, 0.2) is 22.5 Å². The molecule has 2 aliphatic heterocycles. The van der Waals surface area contributed by atoms with Crippen LogP contribution in [0.1, 0.15) is 87.5 Å². The standard InChI is InChI=1S/C29H42N2O6/c1-18-26(20(3)32)14-28(22(5)34,23(6)35)16-30(18)12-10-9-11-13-31-17-29(24(7)36,25(8)37)15-27(19(31)2)21(4)33/h9-17H2,1-8H3. The number of hydrogen-bond acceptors (Lipinski definition) is 8. The van der Waals surface area contributed by atoms with Crippen LogP contribution in [0, 0.1) is 10.8 Å². The van der Waals surface area contributed by atoms with Crippen molar-refractivity contribution in [1.29, 1.82) is 0 Å². The van der Waals surface area contributed by atoms with Gasteiger partial charge in [-0.05, 0) is 87.5 Å². The molecule has 2 rings (SSSR count). The molecular formula is C29H42N2O6. The van der Waals surface area contributed by atoms with Crippen LogP contribution in [0.4, 0.5) is 0 Å². The molecule has 0 unspecified atom stereocenters. The molecule has 0 amide bonds. The molecule has 2 heterocycles. The quantitative estimate of drug-likeness (QED) is 0.287. The Balaban J connectivity index is 2.12. The maximum absolute atomic E-state index is 12.5. The van der Waals surface area contributed by atoms with E-state index in [1.165, 1.54) is 41.5 Å². The van der Waals surface area contributed by atoms with Crippen molar-refractivity contribution in [1.82, 2.24) is 9.80 Å². The summed E-state index contributed by atoms with van der Waals surface area (Å²) < 4.78 is 0. The molecular weight excluding hydrogens is 472 g/mol. The highest BCUT2D eigenvalue weighted by Gasteiger charge is 2.47. The lowest BCUT2D eigenvalue weighted by Gasteiger charge is -2.42. The zero-order chi connectivity index (χ0) is 28.3. The van der Waals surface area contributed by atoms with Crippen molar-refractivity contribution in [3.8, 4) is 0 Å². The third-order valence-corrected chi connectivity index (χ3v) is 8.60. The molecule has 8 heteroatoms. The van der Waals surface area contributed by atoms with Gasteiger partial charge in [-0.15, -0.1) is 0 Å². The summed E-state index contributed by atoms with van der Waals surface area (Å²) in [4.78, 5) is 78.7. The largest absolute Gasteiger partial charge is 0.373 e. The van der Waals surface area contributed by atoms with E-state index in [4.69, 9.17) is 0 Å². The van der Waals surface area contributed by atoms with Gasteiger partial charge in [-0.25, -0.2) is 0 Å². The van der Waals surface area contributed by atoms with Gasteiger partial charge in [0.25, 0.3) is 0 Å². The second kappa shape index (κ2) is 11.7. The Hall–Kier alpha value is -2.90. The van der Waals surface area contributed by atoms with Crippen LogP contribution in [0.3, 0.4) is 0 Å². The molecule has 0 aromatic carbocycles. The SMILES string of the molecule is CC(=O)C1=C(C)N(CCCCCN2CC(C(C)=O)(C(C)=O)CC(C(C)=O)=C2C)CC(C(C)=O)(C(C)=O)C1. The maximum Gasteiger partial charge on any atom is 0.157 e. The van der Waals surface area contributed by atoms with E-state index in [0.29, 0.717) is 24.2 Å². The van der Waals surface area contributed by atoms with Crippen LogP contribution in [0.5, 0.6) is 0 Å². The van der Waals surface area contributed by atoms with Crippen molar-refractivity contribution in [2.75, 3.05) is 26.2 Å². The van der Waals surface area contributed by atoms with Gasteiger partial charge < -0.3 is 9.80 Å². The molecule has 0 bridgehead atoms. The van der Waals surface area contributed by atoms with Crippen molar-refractivity contribution in [3.05, 3.63) is 22.5 Å². The van der Waals surface area contributed by atoms with Gasteiger partial charge in [-0.2, -0.15) is 0 Å². The van der Waals surface area contributed by atoms with Gasteiger partial charge >= 0.3 is 0 Å². The van der Waals surface area contributed by atoms with E-state index in [9.17, 15) is 28.8 Å². The van der Waals surface area contributed by atoms with E-state index in [1.54, 1.807) is 0 Å². The van der Waals surface area contributed by atoms with Gasteiger partial charge in [0.1, 0.15) is 34.0 Å². The number of nitrogens with zero attached hydrogens (tertiary/aromatic N) is 2. The van der Waals surface area contributed by atoms with Gasteiger partial charge in [-0.1, -0.05) is 0 Å². The number of Topliss-reactive ketones (excluding diaryl/α,β-unsaturated/α-hetero) is 6. The van der Waals surface area contributed by atoms with Gasteiger partial charge in [-0.3, -0.25) is 28.8 Å². The third-order valence-electron chi connectivity index (χ3n) is 8.60. The number of unbranched alkanes of at least 4 members (excludes halogenated alkanes) is 2. The minimum Gasteiger partial charge on any atom is -0.373 e. The van der Waals surface area contributed by atoms with Crippen LogP contribution in [0.2, 0.25) is 0 Å². The van der Waals surface area contributed by atoms with Gasteiger partial charge in [0.15, 0.2) is 11.6 Å². The summed E-state index contributed by atoms with van der Waals surface area (Å²) in [5, 5.41) is 0. The van der Waals surface area contributed by atoms with Crippen molar-refractivity contribution in [2.45, 2.75) is 87.5 Å². The lowest BCUT2D eigenvalue weighted by Crippen LogP contribution is -2.51. The molecule has 0 aliphatic carbocycles. The summed E-state index contributed by atoms with van der Waals surface area (Å²) in [6.07, 6.45) is 2.67. The fourth-order valence-electron chi connectivity index (χ4n) is 5.71. The Labute approximate surface area is 220 Å². The molecule has 204 valence electrons. The molecule has 0 saturated carbocycles. The number of ketones is 6. The van der Waals surface area contributed by atoms with E-state index < -0.39 is 10.8 Å².